The molecule has 0 spiro atoms. The van der Waals surface area contributed by atoms with Gasteiger partial charge >= 0.3 is 0 Å². The van der Waals surface area contributed by atoms with Gasteiger partial charge in [0, 0.05) is 23.7 Å². The topological polar surface area (TPSA) is 44.1 Å². The van der Waals surface area contributed by atoms with Gasteiger partial charge in [-0.25, -0.2) is 0 Å². The number of benzene rings is 1. The van der Waals surface area contributed by atoms with Crippen LogP contribution in [0.2, 0.25) is 5.02 Å². The highest BCUT2D eigenvalue weighted by atomic mass is 35.5. The van der Waals surface area contributed by atoms with Crippen molar-refractivity contribution >= 4 is 17.5 Å². The molecule has 1 aliphatic rings. The van der Waals surface area contributed by atoms with Gasteiger partial charge < -0.3 is 4.90 Å². The second-order valence-corrected chi connectivity index (χ2v) is 5.09. The van der Waals surface area contributed by atoms with Crippen LogP contribution in [-0.4, -0.2) is 23.9 Å². The minimum atomic E-state index is -0.0383. The summed E-state index contributed by atoms with van der Waals surface area (Å²) in [5.41, 5.74) is 1.56. The molecule has 0 bridgehead atoms. The number of hydrogen-bond donors (Lipinski definition) is 0. The van der Waals surface area contributed by atoms with Gasteiger partial charge in [-0.3, -0.25) is 4.79 Å². The Bertz CT molecular complexity index is 507. The van der Waals surface area contributed by atoms with Crippen molar-refractivity contribution < 1.29 is 4.79 Å². The van der Waals surface area contributed by atoms with Crippen molar-refractivity contribution in [3.05, 3.63) is 34.3 Å². The number of aryl methyl sites for hydroxylation is 1. The van der Waals surface area contributed by atoms with Crippen molar-refractivity contribution in [2.75, 3.05) is 13.1 Å². The Balaban J connectivity index is 2.15. The second kappa shape index (κ2) is 5.41. The molecule has 0 saturated carbocycles. The Morgan fingerprint density at radius 1 is 1.56 bits per heavy atom. The molecule has 18 heavy (non-hydrogen) atoms. The summed E-state index contributed by atoms with van der Waals surface area (Å²) in [5.74, 6) is -0.0690. The molecule has 1 fully saturated rings. The molecule has 1 aromatic carbocycles. The molecule has 1 aromatic rings. The van der Waals surface area contributed by atoms with Gasteiger partial charge in [-0.05, 0) is 37.5 Å². The van der Waals surface area contributed by atoms with E-state index in [0.717, 1.165) is 24.9 Å². The average Bonchev–Trinajstić information content (AvgIpc) is 2.41. The SMILES string of the molecule is Cc1ccc(C(=O)N2CCCC(C#N)C2)cc1Cl. The van der Waals surface area contributed by atoms with E-state index in [1.54, 1.807) is 17.0 Å². The third-order valence-corrected chi connectivity index (χ3v) is 3.72. The van der Waals surface area contributed by atoms with Crippen molar-refractivity contribution in [3.8, 4) is 6.07 Å². The maximum Gasteiger partial charge on any atom is 0.253 e. The van der Waals surface area contributed by atoms with Crippen LogP contribution in [0.4, 0.5) is 0 Å². The first kappa shape index (κ1) is 12.9. The van der Waals surface area contributed by atoms with Gasteiger partial charge in [-0.15, -0.1) is 0 Å². The first-order valence-electron chi connectivity index (χ1n) is 6.07. The molecule has 0 aromatic heterocycles. The van der Waals surface area contributed by atoms with Gasteiger partial charge in [-0.1, -0.05) is 17.7 Å². The zero-order valence-corrected chi connectivity index (χ0v) is 11.1. The van der Waals surface area contributed by atoms with Crippen LogP contribution in [0, 0.1) is 24.2 Å². The summed E-state index contributed by atoms with van der Waals surface area (Å²) in [6, 6.07) is 7.58. The molecular formula is C14H15ClN2O. The van der Waals surface area contributed by atoms with Crippen LogP contribution in [0.3, 0.4) is 0 Å². The van der Waals surface area contributed by atoms with E-state index in [4.69, 9.17) is 16.9 Å². The highest BCUT2D eigenvalue weighted by Gasteiger charge is 2.24. The molecule has 0 N–H and O–H groups in total. The quantitative estimate of drug-likeness (QED) is 0.781. The molecule has 1 saturated heterocycles. The highest BCUT2D eigenvalue weighted by molar-refractivity contribution is 6.31. The summed E-state index contributed by atoms with van der Waals surface area (Å²) in [7, 11) is 0. The number of piperidine rings is 1. The van der Waals surface area contributed by atoms with Gasteiger partial charge in [0.05, 0.1) is 12.0 Å². The fourth-order valence-electron chi connectivity index (χ4n) is 2.18. The number of carbonyl (C=O) groups is 1. The zero-order chi connectivity index (χ0) is 13.1. The monoisotopic (exact) mass is 262 g/mol. The van der Waals surface area contributed by atoms with E-state index in [0.29, 0.717) is 17.1 Å². The normalized spacial score (nSPS) is 19.4. The standard InChI is InChI=1S/C14H15ClN2O/c1-10-4-5-12(7-13(10)15)14(18)17-6-2-3-11(8-16)9-17/h4-5,7,11H,2-3,6,9H2,1H3. The lowest BCUT2D eigenvalue weighted by atomic mass is 9.99. The summed E-state index contributed by atoms with van der Waals surface area (Å²) >= 11 is 6.03. The fraction of sp³-hybridized carbons (Fsp3) is 0.429. The van der Waals surface area contributed by atoms with Crippen molar-refractivity contribution in [2.24, 2.45) is 5.92 Å². The van der Waals surface area contributed by atoms with Crippen LogP contribution in [0.25, 0.3) is 0 Å². The molecule has 1 atom stereocenters. The van der Waals surface area contributed by atoms with Crippen LogP contribution < -0.4 is 0 Å². The molecule has 1 heterocycles. The van der Waals surface area contributed by atoms with Gasteiger partial charge in [0.15, 0.2) is 0 Å². The maximum absolute atomic E-state index is 12.3. The molecular weight excluding hydrogens is 248 g/mol. The first-order valence-corrected chi connectivity index (χ1v) is 6.44. The van der Waals surface area contributed by atoms with Crippen LogP contribution in [0.15, 0.2) is 18.2 Å². The molecule has 2 rings (SSSR count). The van der Waals surface area contributed by atoms with Crippen LogP contribution in [0.5, 0.6) is 0 Å². The molecule has 1 unspecified atom stereocenters. The van der Waals surface area contributed by atoms with E-state index in [1.807, 2.05) is 13.0 Å². The number of rotatable bonds is 1. The summed E-state index contributed by atoms with van der Waals surface area (Å²) < 4.78 is 0. The van der Waals surface area contributed by atoms with E-state index in [-0.39, 0.29) is 11.8 Å². The number of halogens is 1. The Kier molecular flexibility index (Phi) is 3.88. The third-order valence-electron chi connectivity index (χ3n) is 3.31. The lowest BCUT2D eigenvalue weighted by molar-refractivity contribution is 0.0699. The van der Waals surface area contributed by atoms with Crippen LogP contribution in [-0.2, 0) is 0 Å². The third kappa shape index (κ3) is 2.65. The summed E-state index contributed by atoms with van der Waals surface area (Å²) in [4.78, 5) is 14.0. The number of likely N-dealkylation sites (tertiary alicyclic amines) is 1. The molecule has 1 aliphatic heterocycles. The largest absolute Gasteiger partial charge is 0.337 e. The minimum Gasteiger partial charge on any atom is -0.337 e. The Morgan fingerprint density at radius 2 is 2.33 bits per heavy atom. The van der Waals surface area contributed by atoms with Gasteiger partial charge in [0.25, 0.3) is 5.91 Å². The first-order chi connectivity index (χ1) is 8.61. The smallest absolute Gasteiger partial charge is 0.253 e. The van der Waals surface area contributed by atoms with Gasteiger partial charge in [0.2, 0.25) is 0 Å². The minimum absolute atomic E-state index is 0.0307. The lowest BCUT2D eigenvalue weighted by Gasteiger charge is -2.29. The van der Waals surface area contributed by atoms with Gasteiger partial charge in [-0.2, -0.15) is 5.26 Å². The van der Waals surface area contributed by atoms with Gasteiger partial charge in [0.1, 0.15) is 0 Å². The van der Waals surface area contributed by atoms with Crippen LogP contribution >= 0.6 is 11.6 Å². The Morgan fingerprint density at radius 3 is 3.00 bits per heavy atom. The number of amides is 1. The maximum atomic E-state index is 12.3. The van der Waals surface area contributed by atoms with Crippen molar-refractivity contribution in [3.63, 3.8) is 0 Å². The van der Waals surface area contributed by atoms with E-state index >= 15 is 0 Å². The molecule has 3 nitrogen and oxygen atoms in total. The zero-order valence-electron chi connectivity index (χ0n) is 10.3. The molecule has 0 aliphatic carbocycles. The molecule has 0 radical (unpaired) electrons. The van der Waals surface area contributed by atoms with Crippen molar-refractivity contribution in [2.45, 2.75) is 19.8 Å². The number of nitriles is 1. The molecule has 4 heteroatoms. The van der Waals surface area contributed by atoms with E-state index in [1.165, 1.54) is 0 Å². The average molecular weight is 263 g/mol. The Labute approximate surface area is 112 Å². The van der Waals surface area contributed by atoms with Crippen molar-refractivity contribution in [1.29, 1.82) is 5.26 Å². The predicted octanol–water partition coefficient (Wildman–Crippen LogP) is 3.02. The van der Waals surface area contributed by atoms with E-state index < -0.39 is 0 Å². The lowest BCUT2D eigenvalue weighted by Crippen LogP contribution is -2.39. The highest BCUT2D eigenvalue weighted by Crippen LogP contribution is 2.21. The molecule has 94 valence electrons. The fourth-order valence-corrected chi connectivity index (χ4v) is 2.36. The summed E-state index contributed by atoms with van der Waals surface area (Å²) in [6.07, 6.45) is 1.78. The van der Waals surface area contributed by atoms with Crippen molar-refractivity contribution in [1.82, 2.24) is 4.90 Å². The second-order valence-electron chi connectivity index (χ2n) is 4.68. The number of nitrogens with zero attached hydrogens (tertiary/aromatic N) is 2. The van der Waals surface area contributed by atoms with E-state index in [2.05, 4.69) is 6.07 Å². The predicted molar refractivity (Wildman–Crippen MR) is 70.4 cm³/mol. The number of carbonyl (C=O) groups excluding carboxylic acids is 1. The summed E-state index contributed by atoms with van der Waals surface area (Å²) in [5, 5.41) is 9.54. The number of hydrogen-bond acceptors (Lipinski definition) is 2. The summed E-state index contributed by atoms with van der Waals surface area (Å²) in [6.45, 7) is 3.16. The van der Waals surface area contributed by atoms with Crippen LogP contribution in [0.1, 0.15) is 28.8 Å². The Hall–Kier alpha value is -1.53. The van der Waals surface area contributed by atoms with E-state index in [9.17, 15) is 4.79 Å². The molecule has 1 amide bonds.